The molecule has 0 saturated heterocycles. The molecule has 0 aliphatic heterocycles. The molecule has 0 fully saturated rings. The maximum Gasteiger partial charge on any atom is 0.335 e. The number of hydrogen-bond acceptors (Lipinski definition) is 7. The van der Waals surface area contributed by atoms with E-state index in [-0.39, 0.29) is 10.8 Å². The third-order valence-electron chi connectivity index (χ3n) is 3.47. The zero-order valence-electron chi connectivity index (χ0n) is 13.5. The van der Waals surface area contributed by atoms with Crippen LogP contribution in [0.15, 0.2) is 63.1 Å². The smallest absolute Gasteiger partial charge is 0.335 e. The molecule has 0 saturated carbocycles. The molecule has 11 heteroatoms. The van der Waals surface area contributed by atoms with Crippen molar-refractivity contribution in [1.82, 2.24) is 10.2 Å². The van der Waals surface area contributed by atoms with E-state index in [4.69, 9.17) is 16.0 Å². The van der Waals surface area contributed by atoms with Crippen LogP contribution >= 0.6 is 11.6 Å². The highest BCUT2D eigenvalue weighted by atomic mass is 35.5. The number of sulfone groups is 2. The summed E-state index contributed by atoms with van der Waals surface area (Å²) in [5, 5.41) is 6.61. The van der Waals surface area contributed by atoms with Gasteiger partial charge in [0.25, 0.3) is 0 Å². The largest absolute Gasteiger partial charge is 0.411 e. The minimum Gasteiger partial charge on any atom is -0.411 e. The van der Waals surface area contributed by atoms with Gasteiger partial charge in [0.15, 0.2) is 9.84 Å². The van der Waals surface area contributed by atoms with E-state index in [2.05, 4.69) is 10.2 Å². The second-order valence-electron chi connectivity index (χ2n) is 5.56. The number of halogens is 2. The summed E-state index contributed by atoms with van der Waals surface area (Å²) in [6, 6.07) is 10.4. The molecule has 0 spiro atoms. The van der Waals surface area contributed by atoms with Crippen molar-refractivity contribution in [2.75, 3.05) is 0 Å². The van der Waals surface area contributed by atoms with Crippen LogP contribution in [0, 0.1) is 5.82 Å². The van der Waals surface area contributed by atoms with Gasteiger partial charge in [0.1, 0.15) is 11.6 Å². The highest BCUT2D eigenvalue weighted by Gasteiger charge is 2.26. The highest BCUT2D eigenvalue weighted by molar-refractivity contribution is 7.90. The normalized spacial score (nSPS) is 12.2. The van der Waals surface area contributed by atoms with Gasteiger partial charge in [-0.3, -0.25) is 0 Å². The van der Waals surface area contributed by atoms with Gasteiger partial charge in [-0.05, 0) is 42.0 Å². The molecule has 0 aliphatic rings. The Labute approximate surface area is 159 Å². The molecule has 1 heterocycles. The Morgan fingerprint density at radius 2 is 1.48 bits per heavy atom. The number of benzene rings is 2. The zero-order chi connectivity index (χ0) is 19.7. The lowest BCUT2D eigenvalue weighted by Crippen LogP contribution is -2.06. The van der Waals surface area contributed by atoms with Gasteiger partial charge in [-0.2, -0.15) is 0 Å². The second-order valence-corrected chi connectivity index (χ2v) is 9.85. The Balaban J connectivity index is 1.79. The predicted molar refractivity (Wildman–Crippen MR) is 93.9 cm³/mol. The molecule has 0 radical (unpaired) electrons. The van der Waals surface area contributed by atoms with Crippen LogP contribution in [0.1, 0.15) is 11.5 Å². The third kappa shape index (κ3) is 4.71. The topological polar surface area (TPSA) is 107 Å². The minimum absolute atomic E-state index is 0.0131. The van der Waals surface area contributed by atoms with Crippen LogP contribution in [-0.2, 0) is 31.2 Å². The van der Waals surface area contributed by atoms with E-state index in [1.807, 2.05) is 0 Å². The lowest BCUT2D eigenvalue weighted by atomic mass is 10.2. The van der Waals surface area contributed by atoms with Crippen molar-refractivity contribution >= 4 is 31.3 Å². The van der Waals surface area contributed by atoms with Crippen molar-refractivity contribution < 1.29 is 25.6 Å². The van der Waals surface area contributed by atoms with Crippen LogP contribution < -0.4 is 0 Å². The SMILES string of the molecule is O=S(=O)(Cc1nnc(S(=O)(=O)Cc2ccc(F)cc2)o1)c1ccc(Cl)cc1. The quantitative estimate of drug-likeness (QED) is 0.591. The van der Waals surface area contributed by atoms with Gasteiger partial charge in [0.05, 0.1) is 10.6 Å². The van der Waals surface area contributed by atoms with E-state index in [1.54, 1.807) is 0 Å². The lowest BCUT2D eigenvalue weighted by molar-refractivity contribution is 0.405. The fraction of sp³-hybridized carbons (Fsp3) is 0.125. The minimum atomic E-state index is -4.01. The Bertz CT molecular complexity index is 1160. The molecule has 0 amide bonds. The van der Waals surface area contributed by atoms with Crippen molar-refractivity contribution in [2.24, 2.45) is 0 Å². The Morgan fingerprint density at radius 1 is 0.852 bits per heavy atom. The molecule has 0 atom stereocenters. The van der Waals surface area contributed by atoms with Crippen LogP contribution in [0.4, 0.5) is 4.39 Å². The van der Waals surface area contributed by atoms with E-state index in [9.17, 15) is 21.2 Å². The first-order valence-corrected chi connectivity index (χ1v) is 11.1. The molecular formula is C16H12ClFN2O5S2. The molecule has 3 aromatic rings. The fourth-order valence-corrected chi connectivity index (χ4v) is 4.60. The third-order valence-corrected chi connectivity index (χ3v) is 6.75. The summed E-state index contributed by atoms with van der Waals surface area (Å²) in [5.41, 5.74) is 0.324. The highest BCUT2D eigenvalue weighted by Crippen LogP contribution is 2.21. The molecular weight excluding hydrogens is 419 g/mol. The first kappa shape index (κ1) is 19.5. The number of rotatable bonds is 6. The van der Waals surface area contributed by atoms with E-state index in [0.29, 0.717) is 10.6 Å². The van der Waals surface area contributed by atoms with Crippen LogP contribution in [0.5, 0.6) is 0 Å². The molecule has 1 aromatic heterocycles. The summed E-state index contributed by atoms with van der Waals surface area (Å²) >= 11 is 5.73. The molecule has 0 bridgehead atoms. The van der Waals surface area contributed by atoms with Gasteiger partial charge >= 0.3 is 5.22 Å². The fourth-order valence-electron chi connectivity index (χ4n) is 2.17. The molecule has 3 rings (SSSR count). The van der Waals surface area contributed by atoms with Crippen molar-refractivity contribution in [3.8, 4) is 0 Å². The second kappa shape index (κ2) is 7.37. The van der Waals surface area contributed by atoms with Crippen molar-refractivity contribution in [3.05, 3.63) is 70.8 Å². The van der Waals surface area contributed by atoms with E-state index < -0.39 is 42.2 Å². The molecule has 0 unspecified atom stereocenters. The predicted octanol–water partition coefficient (Wildman–Crippen LogP) is 2.81. The molecule has 142 valence electrons. The van der Waals surface area contributed by atoms with Gasteiger partial charge in [0.2, 0.25) is 15.7 Å². The van der Waals surface area contributed by atoms with Crippen molar-refractivity contribution in [3.63, 3.8) is 0 Å². The number of hydrogen-bond donors (Lipinski definition) is 0. The zero-order valence-corrected chi connectivity index (χ0v) is 15.9. The summed E-state index contributed by atoms with van der Waals surface area (Å²) in [5.74, 6) is -2.00. The van der Waals surface area contributed by atoms with Crippen LogP contribution in [0.3, 0.4) is 0 Å². The Hall–Kier alpha value is -2.30. The van der Waals surface area contributed by atoms with Gasteiger partial charge in [-0.15, -0.1) is 5.10 Å². The first-order valence-electron chi connectivity index (χ1n) is 7.44. The molecule has 27 heavy (non-hydrogen) atoms. The average Bonchev–Trinajstić information content (AvgIpc) is 3.06. The van der Waals surface area contributed by atoms with Crippen molar-refractivity contribution in [2.45, 2.75) is 21.6 Å². The van der Waals surface area contributed by atoms with Crippen LogP contribution in [0.2, 0.25) is 5.02 Å². The van der Waals surface area contributed by atoms with E-state index >= 15 is 0 Å². The number of aromatic nitrogens is 2. The van der Waals surface area contributed by atoms with Crippen molar-refractivity contribution in [1.29, 1.82) is 0 Å². The molecule has 2 aromatic carbocycles. The van der Waals surface area contributed by atoms with Gasteiger partial charge in [-0.1, -0.05) is 28.8 Å². The maximum absolute atomic E-state index is 12.9. The molecule has 0 aliphatic carbocycles. The molecule has 7 nitrogen and oxygen atoms in total. The number of nitrogens with zero attached hydrogens (tertiary/aromatic N) is 2. The van der Waals surface area contributed by atoms with Crippen LogP contribution in [-0.4, -0.2) is 27.0 Å². The first-order chi connectivity index (χ1) is 12.7. The Morgan fingerprint density at radius 3 is 2.11 bits per heavy atom. The monoisotopic (exact) mass is 430 g/mol. The van der Waals surface area contributed by atoms with Gasteiger partial charge in [0, 0.05) is 5.02 Å². The van der Waals surface area contributed by atoms with E-state index in [0.717, 1.165) is 12.1 Å². The van der Waals surface area contributed by atoms with Crippen LogP contribution in [0.25, 0.3) is 0 Å². The summed E-state index contributed by atoms with van der Waals surface area (Å²) < 4.78 is 67.3. The van der Waals surface area contributed by atoms with Gasteiger partial charge in [-0.25, -0.2) is 21.2 Å². The lowest BCUT2D eigenvalue weighted by Gasteiger charge is -2.02. The van der Waals surface area contributed by atoms with E-state index in [1.165, 1.54) is 36.4 Å². The standard InChI is InChI=1S/C16H12ClFN2O5S2/c17-12-3-7-14(8-4-12)26(21,22)10-15-19-20-16(25-15)27(23,24)9-11-1-5-13(18)6-2-11/h1-8H,9-10H2. The summed E-state index contributed by atoms with van der Waals surface area (Å²) in [6.45, 7) is 0. The summed E-state index contributed by atoms with van der Waals surface area (Å²) in [6.07, 6.45) is 0. The van der Waals surface area contributed by atoms with Gasteiger partial charge < -0.3 is 4.42 Å². The maximum atomic E-state index is 12.9. The summed E-state index contributed by atoms with van der Waals surface area (Å²) in [4.78, 5) is -0.0131. The Kier molecular flexibility index (Phi) is 5.31. The average molecular weight is 431 g/mol. The molecule has 0 N–H and O–H groups in total. The summed E-state index contributed by atoms with van der Waals surface area (Å²) in [7, 11) is -7.82.